The predicted molar refractivity (Wildman–Crippen MR) is 105 cm³/mol. The molecule has 1 heterocycles. The van der Waals surface area contributed by atoms with E-state index in [0.717, 1.165) is 5.56 Å². The first-order valence-electron chi connectivity index (χ1n) is 8.77. The first kappa shape index (κ1) is 20.8. The molecule has 0 unspecified atom stereocenters. The van der Waals surface area contributed by atoms with Crippen molar-refractivity contribution in [2.75, 3.05) is 25.2 Å². The van der Waals surface area contributed by atoms with Gasteiger partial charge in [-0.2, -0.15) is 0 Å². The lowest BCUT2D eigenvalue weighted by molar-refractivity contribution is 0.414. The fourth-order valence-corrected chi connectivity index (χ4v) is 8.02. The van der Waals surface area contributed by atoms with Crippen molar-refractivity contribution in [3.63, 3.8) is 0 Å². The Kier molecular flexibility index (Phi) is 6.07. The average Bonchev–Trinajstić information content (AvgIpc) is 2.99. The maximum atomic E-state index is 13.0. The molecule has 6 nitrogen and oxygen atoms in total. The fraction of sp³-hybridized carbons (Fsp3) is 0.368. The zero-order valence-electron chi connectivity index (χ0n) is 15.3. The van der Waals surface area contributed by atoms with Crippen LogP contribution in [0, 0.1) is 5.82 Å². The molecule has 152 valence electrons. The van der Waals surface area contributed by atoms with E-state index < -0.39 is 36.7 Å². The summed E-state index contributed by atoms with van der Waals surface area (Å²) < 4.78 is 68.3. The quantitative estimate of drug-likeness (QED) is 0.722. The van der Waals surface area contributed by atoms with Crippen LogP contribution >= 0.6 is 0 Å². The summed E-state index contributed by atoms with van der Waals surface area (Å²) in [5.41, 5.74) is 0.879. The van der Waals surface area contributed by atoms with Crippen molar-refractivity contribution in [1.82, 2.24) is 5.32 Å². The number of methoxy groups -OCH3 is 1. The summed E-state index contributed by atoms with van der Waals surface area (Å²) in [6, 6.07) is 11.2. The van der Waals surface area contributed by atoms with Crippen molar-refractivity contribution in [3.8, 4) is 5.75 Å². The minimum atomic E-state index is -3.83. The molecule has 2 atom stereocenters. The van der Waals surface area contributed by atoms with Crippen LogP contribution in [0.3, 0.4) is 0 Å². The SMILES string of the molecule is COc1ccc(S(=O)(=O)[C@@H]2CS(=O)(=O)C[C@H]2NCCc2ccc(F)cc2)cc1. The molecule has 0 amide bonds. The van der Waals surface area contributed by atoms with E-state index in [1.807, 2.05) is 0 Å². The van der Waals surface area contributed by atoms with E-state index in [4.69, 9.17) is 4.74 Å². The highest BCUT2D eigenvalue weighted by Gasteiger charge is 2.45. The summed E-state index contributed by atoms with van der Waals surface area (Å²) in [6.45, 7) is 0.389. The van der Waals surface area contributed by atoms with Gasteiger partial charge in [0.25, 0.3) is 0 Å². The van der Waals surface area contributed by atoms with Crippen molar-refractivity contribution in [1.29, 1.82) is 0 Å². The molecule has 3 rings (SSSR count). The van der Waals surface area contributed by atoms with Crippen LogP contribution in [0.5, 0.6) is 5.75 Å². The van der Waals surface area contributed by atoms with E-state index in [1.54, 1.807) is 12.1 Å². The highest BCUT2D eigenvalue weighted by atomic mass is 32.2. The van der Waals surface area contributed by atoms with Gasteiger partial charge in [-0.1, -0.05) is 12.1 Å². The molecule has 28 heavy (non-hydrogen) atoms. The smallest absolute Gasteiger partial charge is 0.183 e. The molecule has 0 radical (unpaired) electrons. The monoisotopic (exact) mass is 427 g/mol. The third-order valence-electron chi connectivity index (χ3n) is 4.82. The first-order chi connectivity index (χ1) is 13.2. The molecule has 0 bridgehead atoms. The Bertz CT molecular complexity index is 1020. The van der Waals surface area contributed by atoms with Gasteiger partial charge >= 0.3 is 0 Å². The Balaban J connectivity index is 1.74. The minimum Gasteiger partial charge on any atom is -0.497 e. The number of benzene rings is 2. The van der Waals surface area contributed by atoms with Crippen molar-refractivity contribution in [3.05, 3.63) is 59.9 Å². The van der Waals surface area contributed by atoms with E-state index in [2.05, 4.69) is 5.32 Å². The van der Waals surface area contributed by atoms with Gasteiger partial charge in [-0.3, -0.25) is 0 Å². The molecule has 1 saturated heterocycles. The highest BCUT2D eigenvalue weighted by molar-refractivity contribution is 7.96. The van der Waals surface area contributed by atoms with Crippen LogP contribution in [-0.4, -0.2) is 53.3 Å². The lowest BCUT2D eigenvalue weighted by Gasteiger charge is -2.20. The summed E-state index contributed by atoms with van der Waals surface area (Å²) in [6.07, 6.45) is 0.534. The number of rotatable bonds is 7. The number of sulfone groups is 2. The van der Waals surface area contributed by atoms with Crippen molar-refractivity contribution >= 4 is 19.7 Å². The van der Waals surface area contributed by atoms with Crippen LogP contribution in [0.25, 0.3) is 0 Å². The van der Waals surface area contributed by atoms with E-state index in [0.29, 0.717) is 18.7 Å². The number of nitrogens with one attached hydrogen (secondary N) is 1. The predicted octanol–water partition coefficient (Wildman–Crippen LogP) is 1.61. The summed E-state index contributed by atoms with van der Waals surface area (Å²) in [5.74, 6) is -0.442. The highest BCUT2D eigenvalue weighted by Crippen LogP contribution is 2.27. The van der Waals surface area contributed by atoms with Gasteiger partial charge in [0, 0.05) is 6.04 Å². The van der Waals surface area contributed by atoms with Crippen molar-refractivity contribution in [2.24, 2.45) is 0 Å². The zero-order valence-corrected chi connectivity index (χ0v) is 17.0. The number of hydrogen-bond donors (Lipinski definition) is 1. The number of ether oxygens (including phenoxy) is 1. The van der Waals surface area contributed by atoms with E-state index in [1.165, 1.54) is 43.5 Å². The van der Waals surface area contributed by atoms with Crippen molar-refractivity contribution in [2.45, 2.75) is 22.6 Å². The van der Waals surface area contributed by atoms with E-state index in [-0.39, 0.29) is 16.5 Å². The Labute approximate surface area is 164 Å². The second-order valence-corrected chi connectivity index (χ2v) is 11.1. The lowest BCUT2D eigenvalue weighted by Crippen LogP contribution is -2.44. The topological polar surface area (TPSA) is 89.5 Å². The van der Waals surface area contributed by atoms with Crippen LogP contribution in [-0.2, 0) is 26.1 Å². The van der Waals surface area contributed by atoms with E-state index in [9.17, 15) is 21.2 Å². The Morgan fingerprint density at radius 2 is 1.71 bits per heavy atom. The van der Waals surface area contributed by atoms with Crippen LogP contribution in [0.4, 0.5) is 4.39 Å². The maximum Gasteiger partial charge on any atom is 0.183 e. The maximum absolute atomic E-state index is 13.0. The molecular weight excluding hydrogens is 405 g/mol. The summed E-state index contributed by atoms with van der Waals surface area (Å²) >= 11 is 0. The Morgan fingerprint density at radius 1 is 1.07 bits per heavy atom. The van der Waals surface area contributed by atoms with Crippen molar-refractivity contribution < 1.29 is 26.0 Å². The van der Waals surface area contributed by atoms with Crippen LogP contribution in [0.2, 0.25) is 0 Å². The molecule has 0 aliphatic carbocycles. The molecule has 0 aromatic heterocycles. The van der Waals surface area contributed by atoms with Crippen LogP contribution < -0.4 is 10.1 Å². The molecule has 1 fully saturated rings. The average molecular weight is 428 g/mol. The van der Waals surface area contributed by atoms with Gasteiger partial charge in [0.2, 0.25) is 0 Å². The molecule has 1 N–H and O–H groups in total. The third-order valence-corrected chi connectivity index (χ3v) is 8.99. The van der Waals surface area contributed by atoms with Crippen LogP contribution in [0.15, 0.2) is 53.4 Å². The Morgan fingerprint density at radius 3 is 2.32 bits per heavy atom. The third kappa shape index (κ3) is 4.71. The first-order valence-corrected chi connectivity index (χ1v) is 12.1. The zero-order chi connectivity index (χ0) is 20.4. The fourth-order valence-electron chi connectivity index (χ4n) is 3.30. The number of hydrogen-bond acceptors (Lipinski definition) is 6. The van der Waals surface area contributed by atoms with Gasteiger partial charge in [0.1, 0.15) is 11.6 Å². The van der Waals surface area contributed by atoms with E-state index >= 15 is 0 Å². The van der Waals surface area contributed by atoms with Gasteiger partial charge in [-0.05, 0) is 54.9 Å². The summed E-state index contributed by atoms with van der Waals surface area (Å²) in [7, 11) is -5.82. The lowest BCUT2D eigenvalue weighted by atomic mass is 10.1. The summed E-state index contributed by atoms with van der Waals surface area (Å²) in [5, 5.41) is 2.02. The molecule has 1 aliphatic heterocycles. The molecule has 1 aliphatic rings. The largest absolute Gasteiger partial charge is 0.497 e. The molecule has 2 aromatic rings. The molecule has 0 spiro atoms. The normalized spacial score (nSPS) is 21.5. The second-order valence-electron chi connectivity index (χ2n) is 6.77. The van der Waals surface area contributed by atoms with Gasteiger partial charge < -0.3 is 10.1 Å². The van der Waals surface area contributed by atoms with Gasteiger partial charge in [-0.25, -0.2) is 21.2 Å². The summed E-state index contributed by atoms with van der Waals surface area (Å²) in [4.78, 5) is 0.0701. The minimum absolute atomic E-state index is 0.0701. The standard InChI is InChI=1S/C19H22FNO5S2/c1-26-16-6-8-17(9-7-16)28(24,25)19-13-27(22,23)12-18(19)21-11-10-14-2-4-15(20)5-3-14/h2-9,18-19,21H,10-13H2,1H3/t18-,19-/m1/s1. The van der Waals surface area contributed by atoms with Gasteiger partial charge in [-0.15, -0.1) is 0 Å². The second kappa shape index (κ2) is 8.18. The number of halogens is 1. The van der Waals surface area contributed by atoms with Gasteiger partial charge in [0.15, 0.2) is 19.7 Å². The van der Waals surface area contributed by atoms with Crippen LogP contribution in [0.1, 0.15) is 5.56 Å². The van der Waals surface area contributed by atoms with Gasteiger partial charge in [0.05, 0.1) is 28.8 Å². The Hall–Kier alpha value is -1.97. The molecular formula is C19H22FNO5S2. The molecule has 0 saturated carbocycles. The molecule has 2 aromatic carbocycles. The molecule has 9 heteroatoms.